The smallest absolute Gasteiger partial charge is 0.315 e. The lowest BCUT2D eigenvalue weighted by Crippen LogP contribution is -2.36. The number of amides is 2. The SMILES string of the molecule is Cc1cccc(-n2c(C)cc(CNC(=O)NCCC(C)C)c2C)c1. The van der Waals surface area contributed by atoms with Crippen LogP contribution in [-0.4, -0.2) is 17.1 Å². The normalized spacial score (nSPS) is 10.9. The number of aryl methyl sites for hydroxylation is 2. The fourth-order valence-electron chi connectivity index (χ4n) is 2.88. The van der Waals surface area contributed by atoms with Crippen molar-refractivity contribution in [2.24, 2.45) is 5.92 Å². The maximum atomic E-state index is 11.9. The van der Waals surface area contributed by atoms with Gasteiger partial charge in [-0.15, -0.1) is 0 Å². The van der Waals surface area contributed by atoms with E-state index in [4.69, 9.17) is 0 Å². The lowest BCUT2D eigenvalue weighted by Gasteiger charge is -2.11. The molecule has 0 saturated carbocycles. The second-order valence-electron chi connectivity index (χ2n) is 6.86. The summed E-state index contributed by atoms with van der Waals surface area (Å²) in [6.45, 7) is 11.9. The molecular formula is C20H29N3O. The van der Waals surface area contributed by atoms with Crippen molar-refractivity contribution in [1.29, 1.82) is 0 Å². The Balaban J connectivity index is 2.03. The Labute approximate surface area is 145 Å². The fourth-order valence-corrected chi connectivity index (χ4v) is 2.88. The highest BCUT2D eigenvalue weighted by atomic mass is 16.2. The molecule has 0 fully saturated rings. The van der Waals surface area contributed by atoms with Gasteiger partial charge in [-0.2, -0.15) is 0 Å². The topological polar surface area (TPSA) is 46.1 Å². The van der Waals surface area contributed by atoms with E-state index in [1.165, 1.54) is 17.0 Å². The first-order chi connectivity index (χ1) is 11.4. The average Bonchev–Trinajstić information content (AvgIpc) is 2.79. The Kier molecular flexibility index (Phi) is 6.07. The van der Waals surface area contributed by atoms with Crippen LogP contribution in [0.15, 0.2) is 30.3 Å². The second-order valence-corrected chi connectivity index (χ2v) is 6.86. The van der Waals surface area contributed by atoms with E-state index in [2.05, 4.69) is 80.2 Å². The van der Waals surface area contributed by atoms with Gasteiger partial charge in [0, 0.05) is 30.2 Å². The predicted octanol–water partition coefficient (Wildman–Crippen LogP) is 4.25. The zero-order valence-corrected chi connectivity index (χ0v) is 15.4. The van der Waals surface area contributed by atoms with Crippen LogP contribution in [0.25, 0.3) is 5.69 Å². The third kappa shape index (κ3) is 4.63. The minimum atomic E-state index is -0.101. The van der Waals surface area contributed by atoms with E-state index in [9.17, 15) is 4.79 Å². The molecule has 2 N–H and O–H groups in total. The van der Waals surface area contributed by atoms with E-state index in [-0.39, 0.29) is 6.03 Å². The molecule has 130 valence electrons. The van der Waals surface area contributed by atoms with Gasteiger partial charge in [0.15, 0.2) is 0 Å². The first-order valence-corrected chi connectivity index (χ1v) is 8.65. The van der Waals surface area contributed by atoms with Gasteiger partial charge in [0.25, 0.3) is 0 Å². The first kappa shape index (κ1) is 18.1. The van der Waals surface area contributed by atoms with Gasteiger partial charge in [0.2, 0.25) is 0 Å². The maximum Gasteiger partial charge on any atom is 0.315 e. The molecule has 1 heterocycles. The molecule has 2 aromatic rings. The maximum absolute atomic E-state index is 11.9. The van der Waals surface area contributed by atoms with Gasteiger partial charge in [-0.1, -0.05) is 26.0 Å². The summed E-state index contributed by atoms with van der Waals surface area (Å²) < 4.78 is 2.24. The summed E-state index contributed by atoms with van der Waals surface area (Å²) in [6, 6.07) is 10.5. The molecule has 4 heteroatoms. The van der Waals surface area contributed by atoms with Crippen molar-refractivity contribution in [3.63, 3.8) is 0 Å². The molecule has 0 bridgehead atoms. The number of rotatable bonds is 6. The summed E-state index contributed by atoms with van der Waals surface area (Å²) in [5.74, 6) is 0.596. The first-order valence-electron chi connectivity index (χ1n) is 8.65. The second kappa shape index (κ2) is 8.04. The van der Waals surface area contributed by atoms with Gasteiger partial charge in [0.1, 0.15) is 0 Å². The van der Waals surface area contributed by atoms with Gasteiger partial charge in [-0.25, -0.2) is 4.79 Å². The minimum Gasteiger partial charge on any atom is -0.338 e. The van der Waals surface area contributed by atoms with Gasteiger partial charge >= 0.3 is 6.03 Å². The van der Waals surface area contributed by atoms with Crippen LogP contribution in [0.3, 0.4) is 0 Å². The highest BCUT2D eigenvalue weighted by Gasteiger charge is 2.11. The summed E-state index contributed by atoms with van der Waals surface area (Å²) in [4.78, 5) is 11.9. The average molecular weight is 327 g/mol. The number of nitrogens with one attached hydrogen (secondary N) is 2. The van der Waals surface area contributed by atoms with Crippen LogP contribution in [0, 0.1) is 26.7 Å². The van der Waals surface area contributed by atoms with Crippen molar-refractivity contribution in [2.75, 3.05) is 6.54 Å². The molecule has 0 atom stereocenters. The predicted molar refractivity (Wildman–Crippen MR) is 99.7 cm³/mol. The molecule has 2 rings (SSSR count). The number of aromatic nitrogens is 1. The molecule has 2 amide bonds. The Morgan fingerprint density at radius 3 is 2.54 bits per heavy atom. The number of carbonyl (C=O) groups is 1. The summed E-state index contributed by atoms with van der Waals surface area (Å²) in [7, 11) is 0. The molecule has 4 nitrogen and oxygen atoms in total. The molecule has 24 heavy (non-hydrogen) atoms. The Morgan fingerprint density at radius 1 is 1.12 bits per heavy atom. The Morgan fingerprint density at radius 2 is 1.88 bits per heavy atom. The zero-order chi connectivity index (χ0) is 17.7. The molecule has 0 radical (unpaired) electrons. The lowest BCUT2D eigenvalue weighted by molar-refractivity contribution is 0.240. The molecule has 0 saturated heterocycles. The molecule has 0 spiro atoms. The number of hydrogen-bond acceptors (Lipinski definition) is 1. The number of nitrogens with zero attached hydrogens (tertiary/aromatic N) is 1. The van der Waals surface area contributed by atoms with Gasteiger partial charge < -0.3 is 15.2 Å². The van der Waals surface area contributed by atoms with Crippen LogP contribution in [0.2, 0.25) is 0 Å². The third-order valence-corrected chi connectivity index (χ3v) is 4.24. The summed E-state index contributed by atoms with van der Waals surface area (Å²) in [6.07, 6.45) is 0.995. The van der Waals surface area contributed by atoms with Crippen LogP contribution in [0.5, 0.6) is 0 Å². The van der Waals surface area contributed by atoms with E-state index in [0.29, 0.717) is 19.0 Å². The van der Waals surface area contributed by atoms with Crippen molar-refractivity contribution in [3.8, 4) is 5.69 Å². The van der Waals surface area contributed by atoms with Gasteiger partial charge in [0.05, 0.1) is 0 Å². The van der Waals surface area contributed by atoms with E-state index in [1.807, 2.05) is 0 Å². The summed E-state index contributed by atoms with van der Waals surface area (Å²) >= 11 is 0. The standard InChI is InChI=1S/C20H29N3O/c1-14(2)9-10-21-20(24)22-13-18-12-16(4)23(17(18)5)19-8-6-7-15(3)11-19/h6-8,11-12,14H,9-10,13H2,1-5H3,(H2,21,22,24). The van der Waals surface area contributed by atoms with E-state index in [0.717, 1.165) is 17.7 Å². The van der Waals surface area contributed by atoms with E-state index < -0.39 is 0 Å². The quantitative estimate of drug-likeness (QED) is 0.818. The number of urea groups is 1. The third-order valence-electron chi connectivity index (χ3n) is 4.24. The van der Waals surface area contributed by atoms with E-state index in [1.54, 1.807) is 0 Å². The highest BCUT2D eigenvalue weighted by Crippen LogP contribution is 2.21. The Hall–Kier alpha value is -2.23. The van der Waals surface area contributed by atoms with Gasteiger partial charge in [-0.05, 0) is 62.4 Å². The summed E-state index contributed by atoms with van der Waals surface area (Å²) in [5, 5.41) is 5.86. The summed E-state index contributed by atoms with van der Waals surface area (Å²) in [5.41, 5.74) is 5.89. The monoisotopic (exact) mass is 327 g/mol. The number of hydrogen-bond donors (Lipinski definition) is 2. The molecule has 1 aromatic carbocycles. The molecule has 0 aliphatic rings. The number of benzene rings is 1. The zero-order valence-electron chi connectivity index (χ0n) is 15.4. The molecule has 1 aromatic heterocycles. The minimum absolute atomic E-state index is 0.101. The van der Waals surface area contributed by atoms with Gasteiger partial charge in [-0.3, -0.25) is 0 Å². The number of carbonyl (C=O) groups excluding carboxylic acids is 1. The molecule has 0 aliphatic heterocycles. The van der Waals surface area contributed by atoms with Crippen molar-refractivity contribution in [3.05, 3.63) is 52.8 Å². The highest BCUT2D eigenvalue weighted by molar-refractivity contribution is 5.73. The van der Waals surface area contributed by atoms with Crippen molar-refractivity contribution in [2.45, 2.75) is 47.6 Å². The fraction of sp³-hybridized carbons (Fsp3) is 0.450. The molecular weight excluding hydrogens is 298 g/mol. The van der Waals surface area contributed by atoms with Crippen LogP contribution in [0.4, 0.5) is 4.79 Å². The van der Waals surface area contributed by atoms with Crippen LogP contribution in [0.1, 0.15) is 42.8 Å². The van der Waals surface area contributed by atoms with Crippen LogP contribution < -0.4 is 10.6 Å². The van der Waals surface area contributed by atoms with Crippen molar-refractivity contribution in [1.82, 2.24) is 15.2 Å². The molecule has 0 aliphatic carbocycles. The molecule has 0 unspecified atom stereocenters. The van der Waals surface area contributed by atoms with Crippen LogP contribution in [-0.2, 0) is 6.54 Å². The Bertz CT molecular complexity index is 701. The van der Waals surface area contributed by atoms with Crippen LogP contribution >= 0.6 is 0 Å². The largest absolute Gasteiger partial charge is 0.338 e. The van der Waals surface area contributed by atoms with Crippen molar-refractivity contribution < 1.29 is 4.79 Å². The lowest BCUT2D eigenvalue weighted by atomic mass is 10.1. The van der Waals surface area contributed by atoms with E-state index >= 15 is 0 Å². The van der Waals surface area contributed by atoms with Crippen molar-refractivity contribution >= 4 is 6.03 Å².